The first-order valence-electron chi connectivity index (χ1n) is 5.84. The molecule has 0 spiro atoms. The van der Waals surface area contributed by atoms with Crippen molar-refractivity contribution in [2.24, 2.45) is 0 Å². The fraction of sp³-hybridized carbons (Fsp3) is 0.0714. The maximum absolute atomic E-state index is 11.8. The third-order valence-electron chi connectivity index (χ3n) is 2.70. The van der Waals surface area contributed by atoms with Crippen LogP contribution in [-0.4, -0.2) is 15.9 Å². The van der Waals surface area contributed by atoms with Gasteiger partial charge in [0.2, 0.25) is 0 Å². The minimum absolute atomic E-state index is 0.270. The average molecular weight is 253 g/mol. The summed E-state index contributed by atoms with van der Waals surface area (Å²) in [5.74, 6) is 0.437. The van der Waals surface area contributed by atoms with Gasteiger partial charge in [0.05, 0.1) is 12.7 Å². The molecule has 0 atom stereocenters. The lowest BCUT2D eigenvalue weighted by atomic mass is 10.2. The minimum atomic E-state index is -0.270. The maximum Gasteiger partial charge on any atom is 0.271 e. The van der Waals surface area contributed by atoms with Gasteiger partial charge in [0.25, 0.3) is 5.91 Å². The fourth-order valence-electron chi connectivity index (χ4n) is 1.80. The van der Waals surface area contributed by atoms with E-state index in [-0.39, 0.29) is 5.91 Å². The lowest BCUT2D eigenvalue weighted by Gasteiger charge is -2.01. The van der Waals surface area contributed by atoms with Crippen LogP contribution in [-0.2, 0) is 6.54 Å². The summed E-state index contributed by atoms with van der Waals surface area (Å²) < 4.78 is 5.60. The van der Waals surface area contributed by atoms with Gasteiger partial charge in [-0.1, -0.05) is 18.2 Å². The Morgan fingerprint density at radius 3 is 2.95 bits per heavy atom. The van der Waals surface area contributed by atoms with Gasteiger partial charge in [-0.15, -0.1) is 0 Å². The number of aromatic nitrogens is 2. The number of fused-ring (bicyclic) bond motifs is 1. The second-order valence-electron chi connectivity index (χ2n) is 4.02. The van der Waals surface area contributed by atoms with Crippen molar-refractivity contribution in [2.75, 3.05) is 0 Å². The summed E-state index contributed by atoms with van der Waals surface area (Å²) >= 11 is 0. The smallest absolute Gasteiger partial charge is 0.271 e. The van der Waals surface area contributed by atoms with Crippen molar-refractivity contribution >= 4 is 16.9 Å². The number of rotatable bonds is 3. The molecule has 0 aliphatic rings. The molecule has 94 valence electrons. The number of amides is 1. The second kappa shape index (κ2) is 4.89. The molecule has 1 amide bonds. The molecule has 0 aliphatic carbocycles. The van der Waals surface area contributed by atoms with Crippen molar-refractivity contribution in [3.05, 3.63) is 60.4 Å². The predicted molar refractivity (Wildman–Crippen MR) is 69.4 cm³/mol. The Kier molecular flexibility index (Phi) is 2.94. The third-order valence-corrected chi connectivity index (χ3v) is 2.70. The molecule has 1 N–H and O–H groups in total. The molecule has 3 rings (SSSR count). The van der Waals surface area contributed by atoms with Gasteiger partial charge in [0.1, 0.15) is 17.0 Å². The second-order valence-corrected chi connectivity index (χ2v) is 4.02. The summed E-state index contributed by atoms with van der Waals surface area (Å²) in [5.41, 5.74) is 1.10. The summed E-state index contributed by atoms with van der Waals surface area (Å²) in [6.45, 7) is 0.323. The van der Waals surface area contributed by atoms with Gasteiger partial charge in [-0.2, -0.15) is 0 Å². The van der Waals surface area contributed by atoms with Gasteiger partial charge < -0.3 is 9.73 Å². The first-order valence-corrected chi connectivity index (χ1v) is 5.84. The van der Waals surface area contributed by atoms with Crippen LogP contribution in [0.2, 0.25) is 0 Å². The number of furan rings is 1. The van der Waals surface area contributed by atoms with Crippen LogP contribution in [0.4, 0.5) is 0 Å². The van der Waals surface area contributed by atoms with Crippen molar-refractivity contribution < 1.29 is 9.21 Å². The molecule has 0 saturated heterocycles. The van der Waals surface area contributed by atoms with Gasteiger partial charge in [-0.25, -0.2) is 4.98 Å². The molecule has 3 aromatic rings. The van der Waals surface area contributed by atoms with E-state index in [4.69, 9.17) is 4.42 Å². The molecule has 5 nitrogen and oxygen atoms in total. The summed E-state index contributed by atoms with van der Waals surface area (Å²) in [6.07, 6.45) is 4.43. The van der Waals surface area contributed by atoms with E-state index in [9.17, 15) is 4.79 Å². The third kappa shape index (κ3) is 2.44. The van der Waals surface area contributed by atoms with Gasteiger partial charge in [-0.05, 0) is 12.1 Å². The highest BCUT2D eigenvalue weighted by molar-refractivity contribution is 5.91. The first kappa shape index (κ1) is 11.4. The van der Waals surface area contributed by atoms with Crippen LogP contribution >= 0.6 is 0 Å². The van der Waals surface area contributed by atoms with E-state index in [1.807, 2.05) is 30.3 Å². The van der Waals surface area contributed by atoms with E-state index >= 15 is 0 Å². The highest BCUT2D eigenvalue weighted by Crippen LogP contribution is 2.18. The topological polar surface area (TPSA) is 68.0 Å². The number of hydrogen-bond donors (Lipinski definition) is 1. The Labute approximate surface area is 109 Å². The predicted octanol–water partition coefficient (Wildman–Crippen LogP) is 2.15. The van der Waals surface area contributed by atoms with Crippen molar-refractivity contribution in [1.82, 2.24) is 15.3 Å². The zero-order valence-electron chi connectivity index (χ0n) is 10.0. The molecule has 5 heteroatoms. The zero-order valence-corrected chi connectivity index (χ0v) is 10.0. The number of carbonyl (C=O) groups excluding carboxylic acids is 1. The van der Waals surface area contributed by atoms with Gasteiger partial charge in [0, 0.05) is 17.8 Å². The summed E-state index contributed by atoms with van der Waals surface area (Å²) in [7, 11) is 0. The van der Waals surface area contributed by atoms with Crippen molar-refractivity contribution in [1.29, 1.82) is 0 Å². The highest BCUT2D eigenvalue weighted by Gasteiger charge is 2.08. The van der Waals surface area contributed by atoms with Crippen LogP contribution in [0.25, 0.3) is 11.0 Å². The molecule has 2 heterocycles. The number of benzene rings is 1. The molecule has 0 saturated carbocycles. The Morgan fingerprint density at radius 1 is 1.26 bits per heavy atom. The molecular weight excluding hydrogens is 242 g/mol. The summed E-state index contributed by atoms with van der Waals surface area (Å²) in [6, 6.07) is 9.62. The standard InChI is InChI=1S/C14H11N3O2/c18-14(12-9-15-5-6-16-12)17-8-11-7-10-3-1-2-4-13(10)19-11/h1-7,9H,8H2,(H,17,18). The van der Waals surface area contributed by atoms with Crippen LogP contribution in [0.15, 0.2) is 53.3 Å². The van der Waals surface area contributed by atoms with Crippen LogP contribution < -0.4 is 5.32 Å². The lowest BCUT2D eigenvalue weighted by Crippen LogP contribution is -2.23. The van der Waals surface area contributed by atoms with Crippen LogP contribution in [0.5, 0.6) is 0 Å². The van der Waals surface area contributed by atoms with Crippen LogP contribution in [0.1, 0.15) is 16.2 Å². The molecule has 0 radical (unpaired) electrons. The fourth-order valence-corrected chi connectivity index (χ4v) is 1.80. The van der Waals surface area contributed by atoms with Crippen LogP contribution in [0, 0.1) is 0 Å². The largest absolute Gasteiger partial charge is 0.459 e. The number of hydrogen-bond acceptors (Lipinski definition) is 4. The van der Waals surface area contributed by atoms with Crippen LogP contribution in [0.3, 0.4) is 0 Å². The molecule has 0 aliphatic heterocycles. The van der Waals surface area contributed by atoms with Gasteiger partial charge in [-0.3, -0.25) is 9.78 Å². The molecule has 19 heavy (non-hydrogen) atoms. The van der Waals surface area contributed by atoms with Crippen molar-refractivity contribution in [3.63, 3.8) is 0 Å². The quantitative estimate of drug-likeness (QED) is 0.776. The Balaban J connectivity index is 1.71. The van der Waals surface area contributed by atoms with Crippen molar-refractivity contribution in [3.8, 4) is 0 Å². The van der Waals surface area contributed by atoms with Gasteiger partial charge in [0.15, 0.2) is 0 Å². The number of carbonyl (C=O) groups is 1. The molecule has 0 unspecified atom stereocenters. The Bertz CT molecular complexity index is 674. The molecule has 0 bridgehead atoms. The molecular formula is C14H11N3O2. The van der Waals surface area contributed by atoms with E-state index in [0.29, 0.717) is 18.0 Å². The lowest BCUT2D eigenvalue weighted by molar-refractivity contribution is 0.0943. The van der Waals surface area contributed by atoms with E-state index in [0.717, 1.165) is 11.0 Å². The van der Waals surface area contributed by atoms with E-state index in [2.05, 4.69) is 15.3 Å². The summed E-state index contributed by atoms with van der Waals surface area (Å²) in [4.78, 5) is 19.6. The van der Waals surface area contributed by atoms with Gasteiger partial charge >= 0.3 is 0 Å². The minimum Gasteiger partial charge on any atom is -0.459 e. The Morgan fingerprint density at radius 2 is 2.16 bits per heavy atom. The summed E-state index contributed by atoms with van der Waals surface area (Å²) in [5, 5.41) is 3.76. The molecule has 2 aromatic heterocycles. The first-order chi connectivity index (χ1) is 9.33. The van der Waals surface area contributed by atoms with E-state index in [1.165, 1.54) is 18.6 Å². The monoisotopic (exact) mass is 253 g/mol. The SMILES string of the molecule is O=C(NCc1cc2ccccc2o1)c1cnccn1. The number of para-hydroxylation sites is 1. The average Bonchev–Trinajstić information content (AvgIpc) is 2.88. The molecule has 0 fully saturated rings. The number of nitrogens with zero attached hydrogens (tertiary/aromatic N) is 2. The Hall–Kier alpha value is -2.69. The highest BCUT2D eigenvalue weighted by atomic mass is 16.3. The molecule has 1 aromatic carbocycles. The van der Waals surface area contributed by atoms with E-state index in [1.54, 1.807) is 0 Å². The van der Waals surface area contributed by atoms with Crippen molar-refractivity contribution in [2.45, 2.75) is 6.54 Å². The normalized spacial score (nSPS) is 10.5. The van der Waals surface area contributed by atoms with E-state index < -0.39 is 0 Å². The number of nitrogens with one attached hydrogen (secondary N) is 1. The maximum atomic E-state index is 11.8. The zero-order chi connectivity index (χ0) is 13.1.